The summed E-state index contributed by atoms with van der Waals surface area (Å²) >= 11 is 0.804. The van der Waals surface area contributed by atoms with Gasteiger partial charge >= 0.3 is 6.03 Å². The Balaban J connectivity index is 1.42. The Hall–Kier alpha value is -1.88. The fourth-order valence-corrected chi connectivity index (χ4v) is 7.40. The van der Waals surface area contributed by atoms with Crippen LogP contribution in [0, 0.1) is 5.82 Å². The Labute approximate surface area is 185 Å². The maximum Gasteiger partial charge on any atom is 0.330 e. The van der Waals surface area contributed by atoms with Crippen molar-refractivity contribution in [1.29, 1.82) is 0 Å². The highest BCUT2D eigenvalue weighted by Crippen LogP contribution is 2.58. The van der Waals surface area contributed by atoms with E-state index in [1.807, 2.05) is 0 Å². The molecule has 0 aromatic carbocycles. The number of thiol groups is 1. The van der Waals surface area contributed by atoms with Crippen LogP contribution < -0.4 is 15.2 Å². The molecule has 0 saturated heterocycles. The van der Waals surface area contributed by atoms with Gasteiger partial charge in [0.15, 0.2) is 5.82 Å². The number of carbonyl (C=O) groups is 1. The van der Waals surface area contributed by atoms with Gasteiger partial charge in [0.25, 0.3) is 0 Å². The quantitative estimate of drug-likeness (QED) is 0.445. The van der Waals surface area contributed by atoms with Crippen LogP contribution in [0.2, 0.25) is 0 Å². The molecular weight excluding hydrogens is 439 g/mol. The summed E-state index contributed by atoms with van der Waals surface area (Å²) in [5.41, 5.74) is 3.91. The van der Waals surface area contributed by atoms with Gasteiger partial charge in [-0.25, -0.2) is 13.4 Å². The predicted octanol–water partition coefficient (Wildman–Crippen LogP) is 2.96. The lowest BCUT2D eigenvalue weighted by Gasteiger charge is -2.22. The minimum atomic E-state index is -4.02. The molecular formula is C21H27FN4O3S2. The molecule has 31 heavy (non-hydrogen) atoms. The van der Waals surface area contributed by atoms with Crippen molar-refractivity contribution in [1.82, 2.24) is 9.71 Å². The molecule has 5 rings (SSSR count). The number of urea groups is 1. The molecule has 1 fully saturated rings. The van der Waals surface area contributed by atoms with Crippen molar-refractivity contribution in [2.45, 2.75) is 74.0 Å². The molecule has 1 spiro atoms. The van der Waals surface area contributed by atoms with Gasteiger partial charge in [-0.3, -0.25) is 14.8 Å². The normalized spacial score (nSPS) is 19.3. The van der Waals surface area contributed by atoms with Crippen molar-refractivity contribution in [3.8, 4) is 0 Å². The third-order valence-corrected chi connectivity index (χ3v) is 10.3. The second kappa shape index (κ2) is 6.81. The summed E-state index contributed by atoms with van der Waals surface area (Å²) in [5, 5.41) is 18.9. The van der Waals surface area contributed by atoms with Crippen molar-refractivity contribution < 1.29 is 18.5 Å². The summed E-state index contributed by atoms with van der Waals surface area (Å²) in [6.07, 6.45) is 6.90. The minimum absolute atomic E-state index is 0.177. The van der Waals surface area contributed by atoms with E-state index in [-0.39, 0.29) is 14.5 Å². The highest BCUT2D eigenvalue weighted by molar-refractivity contribution is 8.01. The number of pyridine rings is 1. The summed E-state index contributed by atoms with van der Waals surface area (Å²) in [5.74, 6) is -0.797. The first-order valence-electron chi connectivity index (χ1n) is 10.6. The number of anilines is 1. The molecule has 2 aromatic rings. The topological polar surface area (TPSA) is 117 Å². The van der Waals surface area contributed by atoms with Crippen molar-refractivity contribution in [2.75, 3.05) is 5.32 Å². The molecule has 0 bridgehead atoms. The van der Waals surface area contributed by atoms with Crippen molar-refractivity contribution >= 4 is 33.4 Å². The van der Waals surface area contributed by atoms with E-state index in [1.54, 1.807) is 0 Å². The van der Waals surface area contributed by atoms with Crippen LogP contribution in [0.4, 0.5) is 14.9 Å². The van der Waals surface area contributed by atoms with Crippen LogP contribution >= 0.6 is 11.3 Å². The number of hydrogen-bond donors (Lipinski definition) is 5. The number of aryl methyl sites for hydroxylation is 1. The van der Waals surface area contributed by atoms with E-state index in [0.717, 1.165) is 90.6 Å². The number of aromatic nitrogens is 1. The first-order chi connectivity index (χ1) is 14.5. The van der Waals surface area contributed by atoms with E-state index in [2.05, 4.69) is 10.0 Å². The van der Waals surface area contributed by atoms with Crippen LogP contribution in [0.25, 0.3) is 0 Å². The van der Waals surface area contributed by atoms with Gasteiger partial charge in [0.1, 0.15) is 4.21 Å². The van der Waals surface area contributed by atoms with Crippen LogP contribution in [-0.4, -0.2) is 20.3 Å². The van der Waals surface area contributed by atoms with Gasteiger partial charge in [-0.2, -0.15) is 0 Å². The maximum absolute atomic E-state index is 14.4. The Bertz CT molecular complexity index is 1150. The maximum atomic E-state index is 14.4. The molecule has 5 N–H and O–H groups in total. The van der Waals surface area contributed by atoms with E-state index in [4.69, 9.17) is 10.1 Å². The highest BCUT2D eigenvalue weighted by atomic mass is 32.3. The van der Waals surface area contributed by atoms with Crippen LogP contribution in [0.1, 0.15) is 66.9 Å². The minimum Gasteiger partial charge on any atom is -0.385 e. The number of fused-ring (bicyclic) bond motifs is 3. The number of nitrogens with two attached hydrogens (primary N) is 1. The van der Waals surface area contributed by atoms with Crippen LogP contribution in [-0.2, 0) is 40.6 Å². The molecule has 2 aromatic heterocycles. The number of nitrogens with zero attached hydrogens (tertiary/aromatic N) is 1. The number of nitrogens with one attached hydrogen (secondary N) is 2. The number of amides is 2. The number of thiophene rings is 1. The van der Waals surface area contributed by atoms with Gasteiger partial charge in [-0.1, -0.05) is 0 Å². The van der Waals surface area contributed by atoms with E-state index in [1.165, 1.54) is 13.8 Å². The van der Waals surface area contributed by atoms with E-state index in [9.17, 15) is 18.5 Å². The second-order valence-electron chi connectivity index (χ2n) is 9.42. The van der Waals surface area contributed by atoms with E-state index >= 15 is 0 Å². The SMILES string of the molecule is CC(C)(O)c1cc(F)c([SH](N)(=O)NC(=O)Nc2c3c(nc4c2CCC42CC2)CCC3)s1. The number of halogens is 1. The Morgan fingerprint density at radius 1 is 1.29 bits per heavy atom. The lowest BCUT2D eigenvalue weighted by atomic mass is 10.0. The summed E-state index contributed by atoms with van der Waals surface area (Å²) in [7, 11) is -4.02. The number of hydrogen-bond acceptors (Lipinski definition) is 5. The standard InChI is InChI=1S/C21H27FN4O3S2/c1-20(2,28)15-10-13(22)18(30-15)31(23,29)26-19(27)25-16-11-4-3-5-14(11)24-17-12(16)6-7-21(17)8-9-21/h10,28,31H,3-9H2,1-2H3,(H4,23,24,25,26,27,29). The van der Waals surface area contributed by atoms with Crippen molar-refractivity contribution in [2.24, 2.45) is 5.14 Å². The third-order valence-electron chi connectivity index (χ3n) is 6.61. The zero-order valence-electron chi connectivity index (χ0n) is 17.5. The second-order valence-corrected chi connectivity index (χ2v) is 12.8. The largest absolute Gasteiger partial charge is 0.385 e. The number of rotatable bonds is 4. The molecule has 10 heteroatoms. The monoisotopic (exact) mass is 466 g/mol. The lowest BCUT2D eigenvalue weighted by molar-refractivity contribution is 0.0823. The molecule has 2 amide bonds. The number of aliphatic hydroxyl groups is 1. The lowest BCUT2D eigenvalue weighted by Crippen LogP contribution is -2.45. The first kappa shape index (κ1) is 21.0. The van der Waals surface area contributed by atoms with Gasteiger partial charge in [0.2, 0.25) is 0 Å². The van der Waals surface area contributed by atoms with Crippen LogP contribution in [0.5, 0.6) is 0 Å². The molecule has 0 radical (unpaired) electrons. The van der Waals surface area contributed by atoms with Gasteiger partial charge in [-0.05, 0) is 76.0 Å². The van der Waals surface area contributed by atoms with Crippen LogP contribution in [0.3, 0.4) is 0 Å². The molecule has 3 aliphatic carbocycles. The van der Waals surface area contributed by atoms with Gasteiger partial charge in [-0.15, -0.1) is 11.3 Å². The summed E-state index contributed by atoms with van der Waals surface area (Å²) < 4.78 is 29.5. The average Bonchev–Trinajstić information content (AvgIpc) is 3.00. The Kier molecular flexibility index (Phi) is 4.61. The summed E-state index contributed by atoms with van der Waals surface area (Å²) in [4.78, 5) is 18.1. The molecule has 2 heterocycles. The molecule has 1 saturated carbocycles. The highest BCUT2D eigenvalue weighted by Gasteiger charge is 2.51. The third kappa shape index (κ3) is 3.49. The molecule has 0 aliphatic heterocycles. The summed E-state index contributed by atoms with van der Waals surface area (Å²) in [6.45, 7) is 3.00. The van der Waals surface area contributed by atoms with E-state index in [0.29, 0.717) is 0 Å². The zero-order chi connectivity index (χ0) is 22.2. The zero-order valence-corrected chi connectivity index (χ0v) is 19.3. The molecule has 3 aliphatic rings. The predicted molar refractivity (Wildman–Crippen MR) is 119 cm³/mol. The molecule has 0 unspecified atom stereocenters. The van der Waals surface area contributed by atoms with Gasteiger partial charge < -0.3 is 10.4 Å². The van der Waals surface area contributed by atoms with Crippen LogP contribution in [0.15, 0.2) is 10.3 Å². The van der Waals surface area contributed by atoms with Crippen molar-refractivity contribution in [3.63, 3.8) is 0 Å². The number of carbonyl (C=O) groups excluding carboxylic acids is 1. The summed E-state index contributed by atoms with van der Waals surface area (Å²) in [6, 6.07) is 0.388. The van der Waals surface area contributed by atoms with E-state index < -0.39 is 27.8 Å². The average molecular weight is 467 g/mol. The fraction of sp³-hybridized carbons (Fsp3) is 0.524. The first-order valence-corrected chi connectivity index (χ1v) is 13.2. The Morgan fingerprint density at radius 2 is 2.03 bits per heavy atom. The smallest absolute Gasteiger partial charge is 0.330 e. The molecule has 0 atom stereocenters. The van der Waals surface area contributed by atoms with Gasteiger partial charge in [0.05, 0.1) is 17.0 Å². The van der Waals surface area contributed by atoms with Gasteiger partial charge in [0, 0.05) is 26.3 Å². The Morgan fingerprint density at radius 3 is 2.68 bits per heavy atom. The molecule has 7 nitrogen and oxygen atoms in total. The van der Waals surface area contributed by atoms with Crippen molar-refractivity contribution in [3.05, 3.63) is 39.3 Å². The fourth-order valence-electron chi connectivity index (χ4n) is 4.81. The molecule has 168 valence electrons.